The van der Waals surface area contributed by atoms with Gasteiger partial charge in [-0.25, -0.2) is 4.79 Å². The summed E-state index contributed by atoms with van der Waals surface area (Å²) in [4.78, 5) is 15.4. The smallest absolute Gasteiger partial charge is 0.333 e. The van der Waals surface area contributed by atoms with E-state index in [1.807, 2.05) is 25.1 Å². The highest BCUT2D eigenvalue weighted by atomic mass is 28.3. The third-order valence-corrected chi connectivity index (χ3v) is 6.26. The molecule has 1 N–H and O–H groups in total. The Hall–Kier alpha value is -3.06. The van der Waals surface area contributed by atoms with Crippen molar-refractivity contribution in [1.82, 2.24) is 4.90 Å². The Balaban J connectivity index is 2.00. The van der Waals surface area contributed by atoms with Crippen LogP contribution in [-0.4, -0.2) is 38.6 Å². The van der Waals surface area contributed by atoms with Crippen LogP contribution < -0.4 is 5.32 Å². The zero-order valence-corrected chi connectivity index (χ0v) is 21.1. The van der Waals surface area contributed by atoms with Gasteiger partial charge in [0.2, 0.25) is 0 Å². The Bertz CT molecular complexity index is 1070. The van der Waals surface area contributed by atoms with E-state index in [4.69, 9.17) is 10.00 Å². The molecule has 2 aromatic carbocycles. The van der Waals surface area contributed by atoms with Gasteiger partial charge in [-0.15, -0.1) is 5.54 Å². The van der Waals surface area contributed by atoms with Crippen molar-refractivity contribution in [3.05, 3.63) is 64.7 Å². The third-order valence-electron chi connectivity index (χ3n) is 5.38. The average molecular weight is 460 g/mol. The summed E-state index contributed by atoms with van der Waals surface area (Å²) < 4.78 is 5.41. The van der Waals surface area contributed by atoms with Gasteiger partial charge in [-0.2, -0.15) is 5.26 Å². The molecule has 0 aliphatic carbocycles. The largest absolute Gasteiger partial charge is 0.464 e. The topological polar surface area (TPSA) is 65.4 Å². The van der Waals surface area contributed by atoms with Gasteiger partial charge >= 0.3 is 5.97 Å². The van der Waals surface area contributed by atoms with E-state index in [2.05, 4.69) is 59.5 Å². The van der Waals surface area contributed by atoms with E-state index in [1.54, 1.807) is 12.1 Å². The third kappa shape index (κ3) is 7.49. The molecule has 0 radical (unpaired) electrons. The highest BCUT2D eigenvalue weighted by Gasteiger charge is 2.24. The number of hydrogen-bond acceptors (Lipinski definition) is 5. The molecule has 5 nitrogen and oxygen atoms in total. The summed E-state index contributed by atoms with van der Waals surface area (Å²) in [6.45, 7) is 11.8. The summed E-state index contributed by atoms with van der Waals surface area (Å²) >= 11 is 0. The zero-order valence-electron chi connectivity index (χ0n) is 20.1. The van der Waals surface area contributed by atoms with Gasteiger partial charge in [-0.05, 0) is 80.4 Å². The molecule has 0 saturated carbocycles. The lowest BCUT2D eigenvalue weighted by atomic mass is 9.99. The SMILES string of the molecule is CCOC(=O)C(Nc1ccc(C#N)cc1)c1cc(C#C[Si](C)(C)C)cc(CN2CCCC2)c1. The van der Waals surface area contributed by atoms with E-state index in [-0.39, 0.29) is 5.97 Å². The maximum absolute atomic E-state index is 13.0. The summed E-state index contributed by atoms with van der Waals surface area (Å²) in [6.07, 6.45) is 2.46. The Morgan fingerprint density at radius 1 is 1.12 bits per heavy atom. The van der Waals surface area contributed by atoms with Crippen LogP contribution >= 0.6 is 0 Å². The molecule has 0 bridgehead atoms. The number of nitriles is 1. The van der Waals surface area contributed by atoms with Crippen LogP contribution in [0.2, 0.25) is 19.6 Å². The van der Waals surface area contributed by atoms with Crippen LogP contribution in [-0.2, 0) is 16.1 Å². The van der Waals surface area contributed by atoms with Crippen molar-refractivity contribution in [3.8, 4) is 17.5 Å². The van der Waals surface area contributed by atoms with Gasteiger partial charge in [-0.1, -0.05) is 31.6 Å². The predicted octanol–water partition coefficient (Wildman–Crippen LogP) is 5.10. The molecule has 1 atom stereocenters. The van der Waals surface area contributed by atoms with E-state index in [1.165, 1.54) is 12.8 Å². The number of rotatable bonds is 7. The Morgan fingerprint density at radius 3 is 2.42 bits per heavy atom. The average Bonchev–Trinajstić information content (AvgIpc) is 3.29. The summed E-state index contributed by atoms with van der Waals surface area (Å²) in [6, 6.07) is 14.8. The fourth-order valence-electron chi connectivity index (χ4n) is 3.82. The van der Waals surface area contributed by atoms with Gasteiger partial charge in [0.05, 0.1) is 18.2 Å². The number of ether oxygens (including phenoxy) is 1. The number of hydrogen-bond donors (Lipinski definition) is 1. The molecular formula is C27H33N3O2Si. The van der Waals surface area contributed by atoms with Gasteiger partial charge in [0.1, 0.15) is 8.07 Å². The molecule has 2 aromatic rings. The lowest BCUT2D eigenvalue weighted by molar-refractivity contribution is -0.144. The van der Waals surface area contributed by atoms with Crippen LogP contribution in [0.15, 0.2) is 42.5 Å². The zero-order chi connectivity index (χ0) is 23.8. The quantitative estimate of drug-likeness (QED) is 0.355. The van der Waals surface area contributed by atoms with Crippen molar-refractivity contribution in [1.29, 1.82) is 5.26 Å². The van der Waals surface area contributed by atoms with E-state index in [0.717, 1.165) is 42.0 Å². The van der Waals surface area contributed by atoms with Gasteiger partial charge < -0.3 is 10.1 Å². The molecule has 1 unspecified atom stereocenters. The van der Waals surface area contributed by atoms with Gasteiger partial charge in [-0.3, -0.25) is 4.90 Å². The first kappa shape index (κ1) is 24.6. The number of nitrogens with zero attached hydrogens (tertiary/aromatic N) is 2. The minimum Gasteiger partial charge on any atom is -0.464 e. The number of benzene rings is 2. The van der Waals surface area contributed by atoms with Crippen LogP contribution in [0.4, 0.5) is 5.69 Å². The Morgan fingerprint density at radius 2 is 1.82 bits per heavy atom. The Labute approximate surface area is 198 Å². The van der Waals surface area contributed by atoms with Crippen molar-refractivity contribution in [2.75, 3.05) is 25.0 Å². The first-order valence-electron chi connectivity index (χ1n) is 11.6. The number of carbonyl (C=O) groups is 1. The van der Waals surface area contributed by atoms with Gasteiger partial charge in [0.15, 0.2) is 6.04 Å². The maximum atomic E-state index is 13.0. The number of likely N-dealkylation sites (tertiary alicyclic amines) is 1. The Kier molecular flexibility index (Phi) is 8.33. The number of carbonyl (C=O) groups excluding carboxylic acids is 1. The normalized spacial score (nSPS) is 14.6. The molecule has 1 saturated heterocycles. The molecule has 1 fully saturated rings. The lowest BCUT2D eigenvalue weighted by Gasteiger charge is -2.21. The van der Waals surface area contributed by atoms with E-state index >= 15 is 0 Å². The predicted molar refractivity (Wildman–Crippen MR) is 135 cm³/mol. The van der Waals surface area contributed by atoms with Crippen molar-refractivity contribution < 1.29 is 9.53 Å². The fraction of sp³-hybridized carbons (Fsp3) is 0.407. The fourth-order valence-corrected chi connectivity index (χ4v) is 4.34. The molecule has 0 aromatic heterocycles. The van der Waals surface area contributed by atoms with Crippen LogP contribution in [0.1, 0.15) is 48.1 Å². The van der Waals surface area contributed by atoms with Crippen LogP contribution in [0.25, 0.3) is 0 Å². The van der Waals surface area contributed by atoms with Crippen molar-refractivity contribution in [2.24, 2.45) is 0 Å². The minimum atomic E-state index is -1.55. The van der Waals surface area contributed by atoms with E-state index in [0.29, 0.717) is 12.2 Å². The summed E-state index contributed by atoms with van der Waals surface area (Å²) in [7, 11) is -1.55. The highest BCUT2D eigenvalue weighted by Crippen LogP contribution is 2.25. The molecular weight excluding hydrogens is 426 g/mol. The van der Waals surface area contributed by atoms with Crippen molar-refractivity contribution in [2.45, 2.75) is 52.0 Å². The summed E-state index contributed by atoms with van der Waals surface area (Å²) in [5, 5.41) is 12.4. The molecule has 0 amide bonds. The van der Waals surface area contributed by atoms with E-state index < -0.39 is 14.1 Å². The summed E-state index contributed by atoms with van der Waals surface area (Å²) in [5.74, 6) is 3.04. The second kappa shape index (κ2) is 11.2. The molecule has 33 heavy (non-hydrogen) atoms. The maximum Gasteiger partial charge on any atom is 0.333 e. The first-order valence-corrected chi connectivity index (χ1v) is 15.1. The summed E-state index contributed by atoms with van der Waals surface area (Å²) in [5.41, 5.74) is 7.71. The molecule has 172 valence electrons. The van der Waals surface area contributed by atoms with E-state index in [9.17, 15) is 4.79 Å². The molecule has 1 aliphatic heterocycles. The number of esters is 1. The molecule has 0 spiro atoms. The first-order chi connectivity index (χ1) is 15.8. The van der Waals surface area contributed by atoms with Crippen molar-refractivity contribution >= 4 is 19.7 Å². The van der Waals surface area contributed by atoms with Crippen LogP contribution in [0, 0.1) is 22.8 Å². The molecule has 6 heteroatoms. The molecule has 1 heterocycles. The van der Waals surface area contributed by atoms with Gasteiger partial charge in [0, 0.05) is 17.8 Å². The monoisotopic (exact) mass is 459 g/mol. The minimum absolute atomic E-state index is 0.306. The highest BCUT2D eigenvalue weighted by molar-refractivity contribution is 6.83. The number of nitrogens with one attached hydrogen (secondary N) is 1. The van der Waals surface area contributed by atoms with Crippen LogP contribution in [0.5, 0.6) is 0 Å². The molecule has 1 aliphatic rings. The molecule has 3 rings (SSSR count). The van der Waals surface area contributed by atoms with Crippen LogP contribution in [0.3, 0.4) is 0 Å². The lowest BCUT2D eigenvalue weighted by Crippen LogP contribution is -2.24. The van der Waals surface area contributed by atoms with Gasteiger partial charge in [0.25, 0.3) is 0 Å². The number of anilines is 1. The second-order valence-electron chi connectivity index (χ2n) is 9.47. The second-order valence-corrected chi connectivity index (χ2v) is 14.2. The van der Waals surface area contributed by atoms with Crippen molar-refractivity contribution in [3.63, 3.8) is 0 Å². The standard InChI is InChI=1S/C27H33N3O2Si/c1-5-32-27(31)26(29-25-10-8-21(19-28)9-11-25)24-17-22(12-15-33(2,3)4)16-23(18-24)20-30-13-6-7-14-30/h8-11,16-18,26,29H,5-7,13-14,20H2,1-4H3.